The molecule has 1 fully saturated rings. The van der Waals surface area contributed by atoms with Crippen molar-refractivity contribution in [1.29, 1.82) is 0 Å². The normalized spacial score (nSPS) is 22.6. The number of halogens is 3. The number of likely N-dealkylation sites (N-methyl/N-ethyl adjacent to an activating group) is 1. The second kappa shape index (κ2) is 4.17. The first-order chi connectivity index (χ1) is 7.45. The van der Waals surface area contributed by atoms with Crippen molar-refractivity contribution in [3.05, 3.63) is 5.01 Å². The Morgan fingerprint density at radius 2 is 2.19 bits per heavy atom. The molecule has 90 valence electrons. The van der Waals surface area contributed by atoms with Crippen molar-refractivity contribution in [1.82, 2.24) is 15.1 Å². The quantitative estimate of drug-likeness (QED) is 0.869. The van der Waals surface area contributed by atoms with Crippen molar-refractivity contribution in [2.75, 3.05) is 25.5 Å². The SMILES string of the molecule is CN1CCC(Nc2nnc(C(F)(F)F)s2)C1. The highest BCUT2D eigenvalue weighted by molar-refractivity contribution is 7.15. The lowest BCUT2D eigenvalue weighted by Crippen LogP contribution is -2.23. The lowest BCUT2D eigenvalue weighted by atomic mass is 10.3. The summed E-state index contributed by atoms with van der Waals surface area (Å²) in [5.74, 6) is 0. The van der Waals surface area contributed by atoms with E-state index in [0.29, 0.717) is 11.3 Å². The molecule has 16 heavy (non-hydrogen) atoms. The summed E-state index contributed by atoms with van der Waals surface area (Å²) in [6, 6.07) is 0.166. The molecule has 1 aliphatic heterocycles. The average molecular weight is 252 g/mol. The molecule has 1 saturated heterocycles. The fraction of sp³-hybridized carbons (Fsp3) is 0.750. The number of anilines is 1. The van der Waals surface area contributed by atoms with Gasteiger partial charge in [0.05, 0.1) is 0 Å². The van der Waals surface area contributed by atoms with Gasteiger partial charge in [-0.2, -0.15) is 13.2 Å². The van der Waals surface area contributed by atoms with E-state index in [2.05, 4.69) is 20.4 Å². The van der Waals surface area contributed by atoms with E-state index in [-0.39, 0.29) is 11.2 Å². The lowest BCUT2D eigenvalue weighted by molar-refractivity contribution is -0.138. The van der Waals surface area contributed by atoms with Crippen LogP contribution in [0.4, 0.5) is 18.3 Å². The molecule has 1 aromatic rings. The number of aromatic nitrogens is 2. The Balaban J connectivity index is 1.98. The van der Waals surface area contributed by atoms with Crippen LogP contribution in [0.2, 0.25) is 0 Å². The summed E-state index contributed by atoms with van der Waals surface area (Å²) in [4.78, 5) is 2.11. The van der Waals surface area contributed by atoms with Crippen molar-refractivity contribution in [3.8, 4) is 0 Å². The van der Waals surface area contributed by atoms with Gasteiger partial charge in [0.1, 0.15) is 0 Å². The van der Waals surface area contributed by atoms with Gasteiger partial charge in [0.15, 0.2) is 0 Å². The van der Waals surface area contributed by atoms with Crippen LogP contribution in [-0.2, 0) is 6.18 Å². The van der Waals surface area contributed by atoms with Crippen LogP contribution in [0.1, 0.15) is 11.4 Å². The first-order valence-corrected chi connectivity index (χ1v) is 5.62. The summed E-state index contributed by atoms with van der Waals surface area (Å²) < 4.78 is 36.7. The zero-order valence-corrected chi connectivity index (χ0v) is 9.40. The molecule has 1 aromatic heterocycles. The third-order valence-corrected chi connectivity index (χ3v) is 3.29. The molecule has 1 N–H and O–H groups in total. The summed E-state index contributed by atoms with van der Waals surface area (Å²) in [6.07, 6.45) is -3.48. The maximum Gasteiger partial charge on any atom is 0.445 e. The molecule has 0 radical (unpaired) electrons. The molecule has 0 bridgehead atoms. The van der Waals surface area contributed by atoms with Crippen molar-refractivity contribution in [2.24, 2.45) is 0 Å². The van der Waals surface area contributed by atoms with E-state index in [1.165, 1.54) is 0 Å². The van der Waals surface area contributed by atoms with Gasteiger partial charge in [0, 0.05) is 12.6 Å². The Labute approximate surface area is 94.5 Å². The predicted octanol–water partition coefficient (Wildman–Crippen LogP) is 1.67. The van der Waals surface area contributed by atoms with E-state index < -0.39 is 11.2 Å². The van der Waals surface area contributed by atoms with Crippen LogP contribution in [0.3, 0.4) is 0 Å². The Bertz CT molecular complexity index is 364. The van der Waals surface area contributed by atoms with Crippen LogP contribution in [0.25, 0.3) is 0 Å². The predicted molar refractivity (Wildman–Crippen MR) is 54.4 cm³/mol. The summed E-state index contributed by atoms with van der Waals surface area (Å²) in [5, 5.41) is 8.91. The molecule has 1 atom stereocenters. The lowest BCUT2D eigenvalue weighted by Gasteiger charge is -2.10. The molecule has 0 saturated carbocycles. The number of alkyl halides is 3. The van der Waals surface area contributed by atoms with Crippen LogP contribution >= 0.6 is 11.3 Å². The van der Waals surface area contributed by atoms with Crippen molar-refractivity contribution in [2.45, 2.75) is 18.6 Å². The third-order valence-electron chi connectivity index (χ3n) is 2.39. The van der Waals surface area contributed by atoms with Gasteiger partial charge in [0.2, 0.25) is 10.1 Å². The number of likely N-dealkylation sites (tertiary alicyclic amines) is 1. The van der Waals surface area contributed by atoms with E-state index in [1.54, 1.807) is 0 Å². The Morgan fingerprint density at radius 3 is 2.69 bits per heavy atom. The minimum absolute atomic E-state index is 0.166. The van der Waals surface area contributed by atoms with Crippen molar-refractivity contribution >= 4 is 16.5 Å². The second-order valence-electron chi connectivity index (χ2n) is 3.80. The van der Waals surface area contributed by atoms with Crippen molar-refractivity contribution in [3.63, 3.8) is 0 Å². The minimum Gasteiger partial charge on any atom is -0.356 e. The van der Waals surface area contributed by atoms with Crippen LogP contribution in [0.5, 0.6) is 0 Å². The maximum absolute atomic E-state index is 12.2. The molecule has 2 heterocycles. The van der Waals surface area contributed by atoms with Crippen LogP contribution in [0.15, 0.2) is 0 Å². The number of nitrogens with zero attached hydrogens (tertiary/aromatic N) is 3. The standard InChI is InChI=1S/C8H11F3N4S/c1-15-3-2-5(4-15)12-7-14-13-6(16-7)8(9,10)11/h5H,2-4H2,1H3,(H,12,14). The first kappa shape index (κ1) is 11.6. The molecule has 0 spiro atoms. The monoisotopic (exact) mass is 252 g/mol. The molecule has 0 amide bonds. The largest absolute Gasteiger partial charge is 0.445 e. The van der Waals surface area contributed by atoms with Gasteiger partial charge < -0.3 is 10.2 Å². The second-order valence-corrected chi connectivity index (χ2v) is 4.78. The first-order valence-electron chi connectivity index (χ1n) is 4.81. The molecule has 2 rings (SSSR count). The van der Waals surface area contributed by atoms with Gasteiger partial charge in [-0.1, -0.05) is 11.3 Å². The van der Waals surface area contributed by atoms with Gasteiger partial charge in [-0.3, -0.25) is 0 Å². The molecular weight excluding hydrogens is 241 g/mol. The number of rotatable bonds is 2. The van der Waals surface area contributed by atoms with Crippen molar-refractivity contribution < 1.29 is 13.2 Å². The number of hydrogen-bond donors (Lipinski definition) is 1. The van der Waals surface area contributed by atoms with Gasteiger partial charge >= 0.3 is 6.18 Å². The van der Waals surface area contributed by atoms with Gasteiger partial charge in [-0.15, -0.1) is 10.2 Å². The fourth-order valence-corrected chi connectivity index (χ4v) is 2.31. The Morgan fingerprint density at radius 1 is 1.44 bits per heavy atom. The average Bonchev–Trinajstić information content (AvgIpc) is 2.74. The fourth-order valence-electron chi connectivity index (χ4n) is 1.62. The Kier molecular flexibility index (Phi) is 3.02. The molecule has 4 nitrogen and oxygen atoms in total. The maximum atomic E-state index is 12.2. The summed E-state index contributed by atoms with van der Waals surface area (Å²) in [7, 11) is 1.98. The van der Waals surface area contributed by atoms with E-state index in [0.717, 1.165) is 19.5 Å². The van der Waals surface area contributed by atoms with E-state index in [4.69, 9.17) is 0 Å². The van der Waals surface area contributed by atoms with Crippen LogP contribution < -0.4 is 5.32 Å². The highest BCUT2D eigenvalue weighted by atomic mass is 32.1. The van der Waals surface area contributed by atoms with Gasteiger partial charge in [0.25, 0.3) is 0 Å². The number of hydrogen-bond acceptors (Lipinski definition) is 5. The van der Waals surface area contributed by atoms with Crippen LogP contribution in [0, 0.1) is 0 Å². The minimum atomic E-state index is -4.40. The van der Waals surface area contributed by atoms with Gasteiger partial charge in [-0.25, -0.2) is 0 Å². The molecule has 1 aliphatic rings. The van der Waals surface area contributed by atoms with Crippen LogP contribution in [-0.4, -0.2) is 41.3 Å². The van der Waals surface area contributed by atoms with Gasteiger partial charge in [-0.05, 0) is 20.0 Å². The topological polar surface area (TPSA) is 41.0 Å². The van der Waals surface area contributed by atoms with E-state index in [1.807, 2.05) is 7.05 Å². The smallest absolute Gasteiger partial charge is 0.356 e. The molecular formula is C8H11F3N4S. The zero-order valence-electron chi connectivity index (χ0n) is 8.58. The summed E-state index contributed by atoms with van der Waals surface area (Å²) in [6.45, 7) is 1.77. The van der Waals surface area contributed by atoms with E-state index >= 15 is 0 Å². The molecule has 8 heteroatoms. The van der Waals surface area contributed by atoms with E-state index in [9.17, 15) is 13.2 Å². The highest BCUT2D eigenvalue weighted by Gasteiger charge is 2.36. The number of nitrogens with one attached hydrogen (secondary N) is 1. The summed E-state index contributed by atoms with van der Waals surface area (Å²) >= 11 is 0.551. The zero-order chi connectivity index (χ0) is 11.8. The molecule has 0 aromatic carbocycles. The molecule has 1 unspecified atom stereocenters. The summed E-state index contributed by atoms with van der Waals surface area (Å²) in [5.41, 5.74) is 0. The molecule has 0 aliphatic carbocycles. The highest BCUT2D eigenvalue weighted by Crippen LogP contribution is 2.33. The third kappa shape index (κ3) is 2.62. The Hall–Kier alpha value is -0.890.